The molecule has 4 heteroatoms. The number of nitrogens with one attached hydrogen (secondary N) is 1. The fraction of sp³-hybridized carbons (Fsp3) is 0.800. The van der Waals surface area contributed by atoms with E-state index in [9.17, 15) is 0 Å². The molecule has 1 saturated heterocycles. The van der Waals surface area contributed by atoms with E-state index in [0.29, 0.717) is 18.4 Å². The van der Waals surface area contributed by atoms with Crippen LogP contribution in [0.3, 0.4) is 0 Å². The van der Waals surface area contributed by atoms with Gasteiger partial charge < -0.3 is 5.43 Å². The van der Waals surface area contributed by atoms with Gasteiger partial charge in [-0.25, -0.2) is 4.58 Å². The van der Waals surface area contributed by atoms with Crippen LogP contribution in [0.5, 0.6) is 0 Å². The molecule has 0 aromatic rings. The largest absolute Gasteiger partial charge is 0.309 e. The summed E-state index contributed by atoms with van der Waals surface area (Å²) in [5.74, 6) is 0. The monoisotopic (exact) mass is 261 g/mol. The zero-order chi connectivity index (χ0) is 13.7. The van der Waals surface area contributed by atoms with Gasteiger partial charge in [-0.2, -0.15) is 10.4 Å². The maximum absolute atomic E-state index is 8.52. The van der Waals surface area contributed by atoms with Crippen LogP contribution < -0.4 is 5.43 Å². The number of nitriles is 1. The van der Waals surface area contributed by atoms with E-state index in [-0.39, 0.29) is 0 Å². The number of hydrazone groups is 1. The molecule has 19 heavy (non-hydrogen) atoms. The van der Waals surface area contributed by atoms with E-state index in [0.717, 1.165) is 12.8 Å². The van der Waals surface area contributed by atoms with Crippen LogP contribution in [-0.4, -0.2) is 35.6 Å². The second-order valence-corrected chi connectivity index (χ2v) is 6.45. The third-order valence-corrected chi connectivity index (χ3v) is 3.91. The van der Waals surface area contributed by atoms with Gasteiger partial charge in [-0.3, -0.25) is 0 Å². The molecule has 1 heterocycles. The van der Waals surface area contributed by atoms with E-state index in [1.165, 1.54) is 38.1 Å². The number of rotatable bonds is 3. The maximum atomic E-state index is 8.52. The summed E-state index contributed by atoms with van der Waals surface area (Å²) in [7, 11) is 0. The van der Waals surface area contributed by atoms with Crippen LogP contribution in [0.15, 0.2) is 5.10 Å². The average Bonchev–Trinajstić information content (AvgIpc) is 2.86. The molecule has 0 unspecified atom stereocenters. The van der Waals surface area contributed by atoms with Crippen molar-refractivity contribution in [3.63, 3.8) is 0 Å². The zero-order valence-corrected chi connectivity index (χ0v) is 12.2. The molecule has 2 rings (SSSR count). The second kappa shape index (κ2) is 6.18. The highest BCUT2D eigenvalue weighted by atomic mass is 15.3. The minimum Gasteiger partial charge on any atom is -0.309 e. The molecule has 0 aromatic heterocycles. The van der Waals surface area contributed by atoms with Crippen molar-refractivity contribution >= 4 is 11.4 Å². The fourth-order valence-electron chi connectivity index (χ4n) is 3.14. The van der Waals surface area contributed by atoms with E-state index in [1.54, 1.807) is 5.71 Å². The Morgan fingerprint density at radius 3 is 2.74 bits per heavy atom. The van der Waals surface area contributed by atoms with E-state index in [1.807, 2.05) is 0 Å². The van der Waals surface area contributed by atoms with Crippen molar-refractivity contribution in [3.05, 3.63) is 0 Å². The van der Waals surface area contributed by atoms with Gasteiger partial charge in [0.15, 0.2) is 5.71 Å². The first-order chi connectivity index (χ1) is 9.11. The first-order valence-electron chi connectivity index (χ1n) is 7.36. The Hall–Kier alpha value is -1.37. The minimum absolute atomic E-state index is 0.311. The van der Waals surface area contributed by atoms with Crippen LogP contribution >= 0.6 is 0 Å². The summed E-state index contributed by atoms with van der Waals surface area (Å²) in [5, 5.41) is 13.0. The van der Waals surface area contributed by atoms with E-state index >= 15 is 0 Å². The minimum atomic E-state index is 0.311. The summed E-state index contributed by atoms with van der Waals surface area (Å²) >= 11 is 0. The molecule has 2 aliphatic rings. The van der Waals surface area contributed by atoms with Gasteiger partial charge in [-0.1, -0.05) is 13.8 Å². The normalized spacial score (nSPS) is 24.6. The highest BCUT2D eigenvalue weighted by Crippen LogP contribution is 2.32. The number of hydrogen-bond donors (Lipinski definition) is 1. The summed E-state index contributed by atoms with van der Waals surface area (Å²) in [6.07, 6.45) is 6.45. The summed E-state index contributed by atoms with van der Waals surface area (Å²) < 4.78 is 2.56. The second-order valence-electron chi connectivity index (χ2n) is 6.45. The van der Waals surface area contributed by atoms with Gasteiger partial charge in [-0.15, -0.1) is 0 Å². The van der Waals surface area contributed by atoms with Crippen LogP contribution in [0.4, 0.5) is 0 Å². The molecular formula is C15H25N4+. The Bertz CT molecular complexity index is 418. The lowest BCUT2D eigenvalue weighted by atomic mass is 9.75. The van der Waals surface area contributed by atoms with Crippen molar-refractivity contribution in [1.82, 2.24) is 5.43 Å². The summed E-state index contributed by atoms with van der Waals surface area (Å²) in [4.78, 5) is 0. The Morgan fingerprint density at radius 2 is 2.05 bits per heavy atom. The van der Waals surface area contributed by atoms with Crippen molar-refractivity contribution in [2.24, 2.45) is 10.5 Å². The van der Waals surface area contributed by atoms with E-state index < -0.39 is 0 Å². The van der Waals surface area contributed by atoms with Crippen LogP contribution in [0, 0.1) is 16.7 Å². The Kier molecular flexibility index (Phi) is 4.57. The Labute approximate surface area is 116 Å². The van der Waals surface area contributed by atoms with Gasteiger partial charge in [0.1, 0.15) is 13.1 Å². The SMILES string of the molecule is CC1(C)CC(=NNCCC#N)CC(=[N+]2CCCC2)C1. The van der Waals surface area contributed by atoms with Gasteiger partial charge in [0, 0.05) is 31.5 Å². The molecule has 1 N–H and O–H groups in total. The topological polar surface area (TPSA) is 51.2 Å². The van der Waals surface area contributed by atoms with Crippen LogP contribution in [0.2, 0.25) is 0 Å². The summed E-state index contributed by atoms with van der Waals surface area (Å²) in [5.41, 5.74) is 6.16. The predicted octanol–water partition coefficient (Wildman–Crippen LogP) is 2.30. The van der Waals surface area contributed by atoms with Crippen molar-refractivity contribution in [3.8, 4) is 6.07 Å². The molecule has 0 bridgehead atoms. The number of hydrogen-bond acceptors (Lipinski definition) is 3. The first kappa shape index (κ1) is 14.0. The highest BCUT2D eigenvalue weighted by molar-refractivity contribution is 6.05. The molecule has 104 valence electrons. The Balaban J connectivity index is 2.05. The van der Waals surface area contributed by atoms with Crippen molar-refractivity contribution in [2.45, 2.75) is 52.4 Å². The lowest BCUT2D eigenvalue weighted by Crippen LogP contribution is -2.35. The summed E-state index contributed by atoms with van der Waals surface area (Å²) in [6, 6.07) is 2.13. The molecule has 0 aromatic carbocycles. The lowest BCUT2D eigenvalue weighted by Gasteiger charge is -2.30. The quantitative estimate of drug-likeness (QED) is 0.481. The fourth-order valence-corrected chi connectivity index (χ4v) is 3.14. The Morgan fingerprint density at radius 1 is 1.32 bits per heavy atom. The molecule has 1 aliphatic carbocycles. The first-order valence-corrected chi connectivity index (χ1v) is 7.36. The van der Waals surface area contributed by atoms with Crippen molar-refractivity contribution in [2.75, 3.05) is 19.6 Å². The van der Waals surface area contributed by atoms with Gasteiger partial charge in [0.25, 0.3) is 0 Å². The molecular weight excluding hydrogens is 236 g/mol. The lowest BCUT2D eigenvalue weighted by molar-refractivity contribution is -0.508. The average molecular weight is 261 g/mol. The molecule has 4 nitrogen and oxygen atoms in total. The molecule has 0 amide bonds. The van der Waals surface area contributed by atoms with E-state index in [2.05, 4.69) is 35.0 Å². The molecule has 1 aliphatic heterocycles. The smallest absolute Gasteiger partial charge is 0.158 e. The van der Waals surface area contributed by atoms with E-state index in [4.69, 9.17) is 5.26 Å². The molecule has 2 fully saturated rings. The maximum Gasteiger partial charge on any atom is 0.158 e. The highest BCUT2D eigenvalue weighted by Gasteiger charge is 2.34. The molecule has 0 spiro atoms. The van der Waals surface area contributed by atoms with Crippen molar-refractivity contribution in [1.29, 1.82) is 5.26 Å². The third kappa shape index (κ3) is 4.05. The molecule has 1 saturated carbocycles. The zero-order valence-electron chi connectivity index (χ0n) is 12.2. The summed E-state index contributed by atoms with van der Waals surface area (Å²) in [6.45, 7) is 7.75. The van der Waals surface area contributed by atoms with Gasteiger partial charge in [0.2, 0.25) is 0 Å². The van der Waals surface area contributed by atoms with Gasteiger partial charge in [-0.05, 0) is 11.8 Å². The van der Waals surface area contributed by atoms with Crippen LogP contribution in [-0.2, 0) is 0 Å². The van der Waals surface area contributed by atoms with Crippen LogP contribution in [0.25, 0.3) is 0 Å². The van der Waals surface area contributed by atoms with Gasteiger partial charge in [0.05, 0.1) is 18.9 Å². The molecule has 0 atom stereocenters. The van der Waals surface area contributed by atoms with Crippen LogP contribution in [0.1, 0.15) is 52.4 Å². The number of nitrogens with zero attached hydrogens (tertiary/aromatic N) is 3. The van der Waals surface area contributed by atoms with Gasteiger partial charge >= 0.3 is 0 Å². The standard InChI is InChI=1S/C15H25N4/c1-15(2)11-13(18-17-7-5-6-16)10-14(12-15)19-8-3-4-9-19/h17H,3-5,7-12H2,1-2H3/q+1. The predicted molar refractivity (Wildman–Crippen MR) is 77.5 cm³/mol. The molecule has 0 radical (unpaired) electrons. The van der Waals surface area contributed by atoms with Crippen molar-refractivity contribution < 1.29 is 4.58 Å². The third-order valence-electron chi connectivity index (χ3n) is 3.91.